The van der Waals surface area contributed by atoms with Gasteiger partial charge in [-0.1, -0.05) is 30.0 Å². The number of carbonyl (C=O) groups excluding carboxylic acids is 1. The van der Waals surface area contributed by atoms with Crippen molar-refractivity contribution in [1.29, 1.82) is 0 Å². The molecule has 8 heteroatoms. The number of thioether (sulfide) groups is 1. The van der Waals surface area contributed by atoms with Gasteiger partial charge in [0.05, 0.1) is 25.5 Å². The number of nitrogens with one attached hydrogen (secondary N) is 1. The van der Waals surface area contributed by atoms with E-state index in [1.165, 1.54) is 11.8 Å². The molecule has 1 atom stereocenters. The molecule has 4 rings (SSSR count). The summed E-state index contributed by atoms with van der Waals surface area (Å²) in [5, 5.41) is 3.62. The van der Waals surface area contributed by atoms with Crippen LogP contribution in [-0.2, 0) is 35.5 Å². The fourth-order valence-corrected chi connectivity index (χ4v) is 5.02. The largest absolute Gasteiger partial charge is 0.496 e. The second-order valence-corrected chi connectivity index (χ2v) is 8.57. The van der Waals surface area contributed by atoms with Crippen LogP contribution in [0.1, 0.15) is 36.1 Å². The average Bonchev–Trinajstić information content (AvgIpc) is 3.45. The number of para-hydroxylation sites is 1. The molecule has 1 aromatic carbocycles. The van der Waals surface area contributed by atoms with Crippen LogP contribution in [0.5, 0.6) is 5.75 Å². The second kappa shape index (κ2) is 9.66. The molecule has 1 N–H and O–H groups in total. The van der Waals surface area contributed by atoms with Crippen molar-refractivity contribution in [3.8, 4) is 5.75 Å². The van der Waals surface area contributed by atoms with Gasteiger partial charge in [-0.05, 0) is 38.2 Å². The molecule has 0 saturated carbocycles. The number of hydrogen-bond acceptors (Lipinski definition) is 6. The summed E-state index contributed by atoms with van der Waals surface area (Å²) in [7, 11) is 1.61. The van der Waals surface area contributed by atoms with Gasteiger partial charge >= 0.3 is 5.69 Å². The zero-order chi connectivity index (χ0) is 20.9. The number of ether oxygens (including phenoxy) is 2. The highest BCUT2D eigenvalue weighted by atomic mass is 32.2. The van der Waals surface area contributed by atoms with E-state index >= 15 is 0 Å². The topological polar surface area (TPSA) is 82.5 Å². The Labute approximate surface area is 180 Å². The minimum Gasteiger partial charge on any atom is -0.496 e. The van der Waals surface area contributed by atoms with Crippen molar-refractivity contribution in [3.05, 3.63) is 51.6 Å². The number of hydrogen-bond donors (Lipinski definition) is 1. The maximum Gasteiger partial charge on any atom is 0.348 e. The van der Waals surface area contributed by atoms with Gasteiger partial charge in [-0.25, -0.2) is 4.79 Å². The van der Waals surface area contributed by atoms with Crippen molar-refractivity contribution in [2.24, 2.45) is 0 Å². The number of methoxy groups -OCH3 is 1. The van der Waals surface area contributed by atoms with Crippen LogP contribution in [0.4, 0.5) is 0 Å². The number of carbonyl (C=O) groups is 1. The fourth-order valence-electron chi connectivity index (χ4n) is 4.11. The van der Waals surface area contributed by atoms with E-state index in [1.54, 1.807) is 11.7 Å². The Morgan fingerprint density at radius 2 is 2.20 bits per heavy atom. The summed E-state index contributed by atoms with van der Waals surface area (Å²) >= 11 is 1.35. The lowest BCUT2D eigenvalue weighted by atomic mass is 10.2. The number of fused-ring (bicyclic) bond motifs is 1. The monoisotopic (exact) mass is 429 g/mol. The van der Waals surface area contributed by atoms with E-state index in [4.69, 9.17) is 9.47 Å². The van der Waals surface area contributed by atoms with Crippen LogP contribution in [-0.4, -0.2) is 41.0 Å². The third-order valence-electron chi connectivity index (χ3n) is 5.62. The molecule has 1 amide bonds. The van der Waals surface area contributed by atoms with E-state index in [9.17, 15) is 9.59 Å². The summed E-state index contributed by atoms with van der Waals surface area (Å²) in [6.45, 7) is 1.75. The molecule has 30 heavy (non-hydrogen) atoms. The van der Waals surface area contributed by atoms with Crippen molar-refractivity contribution in [2.75, 3.05) is 19.5 Å². The standard InChI is InChI=1S/C22H27N3O4S/c1-28-19-10-3-2-6-15(19)12-23-20(26)14-30-21-17-8-4-9-18(17)25(22(27)24-21)13-16-7-5-11-29-16/h2-3,6,10,16H,4-5,7-9,11-14H2,1H3,(H,23,26)/t16-/m0/s1. The third-order valence-corrected chi connectivity index (χ3v) is 6.64. The lowest BCUT2D eigenvalue weighted by molar-refractivity contribution is -0.118. The fraction of sp³-hybridized carbons (Fsp3) is 0.500. The maximum absolute atomic E-state index is 12.7. The Kier molecular flexibility index (Phi) is 6.74. The zero-order valence-corrected chi connectivity index (χ0v) is 18.0. The molecule has 1 saturated heterocycles. The molecule has 2 aromatic rings. The predicted octanol–water partition coefficient (Wildman–Crippen LogP) is 2.33. The molecule has 160 valence electrons. The molecule has 0 bridgehead atoms. The molecule has 2 aliphatic rings. The molecule has 0 radical (unpaired) electrons. The molecule has 0 spiro atoms. The van der Waals surface area contributed by atoms with Gasteiger partial charge < -0.3 is 14.8 Å². The van der Waals surface area contributed by atoms with Gasteiger partial charge in [-0.2, -0.15) is 4.98 Å². The second-order valence-electron chi connectivity index (χ2n) is 7.60. The molecule has 1 aromatic heterocycles. The highest BCUT2D eigenvalue weighted by Gasteiger charge is 2.25. The number of amides is 1. The Hall–Kier alpha value is -2.32. The Bertz CT molecular complexity index is 969. The van der Waals surface area contributed by atoms with Crippen LogP contribution >= 0.6 is 11.8 Å². The molecule has 2 heterocycles. The average molecular weight is 430 g/mol. The lowest BCUT2D eigenvalue weighted by Gasteiger charge is -2.17. The van der Waals surface area contributed by atoms with E-state index in [0.29, 0.717) is 18.1 Å². The summed E-state index contributed by atoms with van der Waals surface area (Å²) in [5.74, 6) is 0.881. The first-order chi connectivity index (χ1) is 14.7. The van der Waals surface area contributed by atoms with Crippen molar-refractivity contribution >= 4 is 17.7 Å². The van der Waals surface area contributed by atoms with Crippen LogP contribution in [0.25, 0.3) is 0 Å². The van der Waals surface area contributed by atoms with Crippen LogP contribution < -0.4 is 15.7 Å². The van der Waals surface area contributed by atoms with Crippen LogP contribution in [0, 0.1) is 0 Å². The first kappa shape index (κ1) is 20.9. The van der Waals surface area contributed by atoms with E-state index in [2.05, 4.69) is 10.3 Å². The van der Waals surface area contributed by atoms with Crippen LogP contribution in [0.3, 0.4) is 0 Å². The van der Waals surface area contributed by atoms with Gasteiger partial charge in [0.15, 0.2) is 0 Å². The van der Waals surface area contributed by atoms with Gasteiger partial charge in [0.2, 0.25) is 5.91 Å². The number of rotatable bonds is 8. The molecule has 7 nitrogen and oxygen atoms in total. The molecular formula is C22H27N3O4S. The van der Waals surface area contributed by atoms with Gasteiger partial charge in [-0.3, -0.25) is 9.36 Å². The quantitative estimate of drug-likeness (QED) is 0.512. The highest BCUT2D eigenvalue weighted by molar-refractivity contribution is 7.99. The van der Waals surface area contributed by atoms with E-state index < -0.39 is 0 Å². The minimum atomic E-state index is -0.233. The van der Waals surface area contributed by atoms with Gasteiger partial charge in [0.25, 0.3) is 0 Å². The van der Waals surface area contributed by atoms with Crippen molar-refractivity contribution in [3.63, 3.8) is 0 Å². The van der Waals surface area contributed by atoms with Crippen molar-refractivity contribution in [1.82, 2.24) is 14.9 Å². The first-order valence-electron chi connectivity index (χ1n) is 10.4. The van der Waals surface area contributed by atoms with E-state index in [1.807, 2.05) is 24.3 Å². The lowest BCUT2D eigenvalue weighted by Crippen LogP contribution is -2.32. The Balaban J connectivity index is 1.40. The number of nitrogens with zero attached hydrogens (tertiary/aromatic N) is 2. The zero-order valence-electron chi connectivity index (χ0n) is 17.2. The predicted molar refractivity (Wildman–Crippen MR) is 115 cm³/mol. The van der Waals surface area contributed by atoms with E-state index in [-0.39, 0.29) is 23.5 Å². The smallest absolute Gasteiger partial charge is 0.348 e. The number of benzene rings is 1. The summed E-state index contributed by atoms with van der Waals surface area (Å²) < 4.78 is 12.8. The molecule has 0 unspecified atom stereocenters. The van der Waals surface area contributed by atoms with Gasteiger partial charge in [0, 0.05) is 30.0 Å². The van der Waals surface area contributed by atoms with Crippen LogP contribution in [0.2, 0.25) is 0 Å². The van der Waals surface area contributed by atoms with E-state index in [0.717, 1.165) is 61.3 Å². The SMILES string of the molecule is COc1ccccc1CNC(=O)CSc1nc(=O)n(C[C@@H]2CCCO2)c2c1CCC2. The molecule has 1 fully saturated rings. The maximum atomic E-state index is 12.7. The molecule has 1 aliphatic heterocycles. The van der Waals surface area contributed by atoms with Gasteiger partial charge in [0.1, 0.15) is 10.8 Å². The van der Waals surface area contributed by atoms with Crippen molar-refractivity contribution < 1.29 is 14.3 Å². The molecule has 1 aliphatic carbocycles. The Morgan fingerprint density at radius 1 is 1.33 bits per heavy atom. The summed E-state index contributed by atoms with van der Waals surface area (Å²) in [5.41, 5.74) is 2.88. The molecular weight excluding hydrogens is 402 g/mol. The van der Waals surface area contributed by atoms with Crippen molar-refractivity contribution in [2.45, 2.75) is 56.3 Å². The first-order valence-corrected chi connectivity index (χ1v) is 11.4. The third kappa shape index (κ3) is 4.70. The van der Waals surface area contributed by atoms with Gasteiger partial charge in [-0.15, -0.1) is 0 Å². The summed E-state index contributed by atoms with van der Waals surface area (Å²) in [6, 6.07) is 7.61. The summed E-state index contributed by atoms with van der Waals surface area (Å²) in [4.78, 5) is 29.4. The Morgan fingerprint density at radius 3 is 3.00 bits per heavy atom. The van der Waals surface area contributed by atoms with Crippen LogP contribution in [0.15, 0.2) is 34.1 Å². The highest BCUT2D eigenvalue weighted by Crippen LogP contribution is 2.29. The number of aromatic nitrogens is 2. The minimum absolute atomic E-state index is 0.0945. The summed E-state index contributed by atoms with van der Waals surface area (Å²) in [6.07, 6.45) is 4.94. The normalized spacial score (nSPS) is 17.7.